The molecule has 0 aromatic heterocycles. The highest BCUT2D eigenvalue weighted by molar-refractivity contribution is 6.42. The lowest BCUT2D eigenvalue weighted by molar-refractivity contribution is 0.154. The van der Waals surface area contributed by atoms with Gasteiger partial charge in [-0.3, -0.25) is 4.90 Å². The maximum Gasteiger partial charge on any atom is 0.322 e. The van der Waals surface area contributed by atoms with Gasteiger partial charge in [0.1, 0.15) is 0 Å². The van der Waals surface area contributed by atoms with Gasteiger partial charge in [0.25, 0.3) is 0 Å². The van der Waals surface area contributed by atoms with Crippen LogP contribution in [-0.2, 0) is 0 Å². The Morgan fingerprint density at radius 3 is 2.78 bits per heavy atom. The zero-order chi connectivity index (χ0) is 26.6. The van der Waals surface area contributed by atoms with E-state index in [0.29, 0.717) is 46.7 Å². The fourth-order valence-electron chi connectivity index (χ4n) is 5.15. The standard InChI is InChI=1S/C29H38Cl2N4O2/c1-2-6-23(20-32)8-4-3-7-22-9-5-10-25(13-11-22)35(18-17-34-16-15-26(36)21-34)29(37)33-24-12-14-27(30)28(31)19-24/h2-4,8,12,14,19,22,25-26,36H,1,5-7,9-11,13,15-18,21H2,(H,33,37)/b4-3-,23-8+. The lowest BCUT2D eigenvalue weighted by Crippen LogP contribution is -2.46. The van der Waals surface area contributed by atoms with Crippen LogP contribution in [0.5, 0.6) is 0 Å². The van der Waals surface area contributed by atoms with Crippen LogP contribution in [0.2, 0.25) is 10.0 Å². The van der Waals surface area contributed by atoms with Crippen molar-refractivity contribution in [2.75, 3.05) is 31.5 Å². The number of carbonyl (C=O) groups is 1. The lowest BCUT2D eigenvalue weighted by Gasteiger charge is -2.33. The van der Waals surface area contributed by atoms with Crippen molar-refractivity contribution in [1.29, 1.82) is 5.26 Å². The summed E-state index contributed by atoms with van der Waals surface area (Å²) in [4.78, 5) is 17.6. The van der Waals surface area contributed by atoms with Gasteiger partial charge in [0.05, 0.1) is 22.2 Å². The van der Waals surface area contributed by atoms with E-state index in [-0.39, 0.29) is 18.2 Å². The highest BCUT2D eigenvalue weighted by Gasteiger charge is 2.28. The van der Waals surface area contributed by atoms with Crippen LogP contribution in [0.25, 0.3) is 0 Å². The summed E-state index contributed by atoms with van der Waals surface area (Å²) in [7, 11) is 0. The minimum atomic E-state index is -0.277. The summed E-state index contributed by atoms with van der Waals surface area (Å²) in [5.74, 6) is 0.563. The Balaban J connectivity index is 1.62. The summed E-state index contributed by atoms with van der Waals surface area (Å²) < 4.78 is 0. The molecule has 3 atom stereocenters. The molecule has 3 unspecified atom stereocenters. The summed E-state index contributed by atoms with van der Waals surface area (Å²) in [6, 6.07) is 7.35. The fourth-order valence-corrected chi connectivity index (χ4v) is 5.45. The highest BCUT2D eigenvalue weighted by atomic mass is 35.5. The predicted molar refractivity (Wildman–Crippen MR) is 152 cm³/mol. The topological polar surface area (TPSA) is 79.6 Å². The van der Waals surface area contributed by atoms with Crippen LogP contribution >= 0.6 is 23.2 Å². The van der Waals surface area contributed by atoms with Crippen molar-refractivity contribution in [3.05, 3.63) is 64.7 Å². The van der Waals surface area contributed by atoms with E-state index in [1.54, 1.807) is 24.3 Å². The number of amides is 2. The second-order valence-corrected chi connectivity index (χ2v) is 10.8. The van der Waals surface area contributed by atoms with Gasteiger partial charge in [-0.15, -0.1) is 6.58 Å². The number of nitrogens with zero attached hydrogens (tertiary/aromatic N) is 3. The van der Waals surface area contributed by atoms with Crippen LogP contribution in [-0.4, -0.2) is 59.3 Å². The van der Waals surface area contributed by atoms with Crippen LogP contribution in [0.1, 0.15) is 51.4 Å². The second-order valence-electron chi connectivity index (χ2n) is 9.98. The van der Waals surface area contributed by atoms with E-state index in [2.05, 4.69) is 28.9 Å². The summed E-state index contributed by atoms with van der Waals surface area (Å²) in [5, 5.41) is 22.9. The quantitative estimate of drug-likeness (QED) is 0.146. The Labute approximate surface area is 231 Å². The molecule has 1 saturated carbocycles. The molecule has 1 aromatic carbocycles. The first-order valence-corrected chi connectivity index (χ1v) is 13.9. The summed E-state index contributed by atoms with van der Waals surface area (Å²) in [6.45, 7) is 6.57. The molecular weight excluding hydrogens is 507 g/mol. The van der Waals surface area contributed by atoms with Gasteiger partial charge in [-0.05, 0) is 62.3 Å². The Bertz CT molecular complexity index is 1020. The second kappa shape index (κ2) is 15.2. The van der Waals surface area contributed by atoms with Crippen LogP contribution in [0, 0.1) is 17.2 Å². The van der Waals surface area contributed by atoms with E-state index in [1.807, 2.05) is 17.1 Å². The molecule has 0 bridgehead atoms. The Morgan fingerprint density at radius 1 is 1.24 bits per heavy atom. The van der Waals surface area contributed by atoms with E-state index in [0.717, 1.165) is 58.0 Å². The molecular formula is C29H38Cl2N4O2. The molecule has 3 rings (SSSR count). The number of allylic oxidation sites excluding steroid dienone is 5. The number of anilines is 1. The number of carbonyl (C=O) groups excluding carboxylic acids is 1. The molecule has 0 radical (unpaired) electrons. The minimum Gasteiger partial charge on any atom is -0.392 e. The van der Waals surface area contributed by atoms with Crippen molar-refractivity contribution >= 4 is 34.9 Å². The van der Waals surface area contributed by atoms with Gasteiger partial charge in [0.15, 0.2) is 0 Å². The molecule has 1 aliphatic heterocycles. The van der Waals surface area contributed by atoms with Gasteiger partial charge in [-0.2, -0.15) is 5.26 Å². The molecule has 1 heterocycles. The van der Waals surface area contributed by atoms with Crippen molar-refractivity contribution in [3.8, 4) is 6.07 Å². The summed E-state index contributed by atoms with van der Waals surface area (Å²) >= 11 is 12.2. The molecule has 200 valence electrons. The van der Waals surface area contributed by atoms with Gasteiger partial charge in [-0.25, -0.2) is 4.79 Å². The molecule has 6 nitrogen and oxygen atoms in total. The molecule has 0 spiro atoms. The van der Waals surface area contributed by atoms with E-state index in [9.17, 15) is 9.90 Å². The van der Waals surface area contributed by atoms with Gasteiger partial charge < -0.3 is 15.3 Å². The Morgan fingerprint density at radius 2 is 2.08 bits per heavy atom. The third-order valence-electron chi connectivity index (χ3n) is 7.25. The number of rotatable bonds is 10. The molecule has 37 heavy (non-hydrogen) atoms. The van der Waals surface area contributed by atoms with Crippen LogP contribution in [0.15, 0.2) is 54.7 Å². The van der Waals surface area contributed by atoms with Crippen LogP contribution < -0.4 is 5.32 Å². The number of nitriles is 1. The van der Waals surface area contributed by atoms with E-state index < -0.39 is 0 Å². The van der Waals surface area contributed by atoms with Crippen molar-refractivity contribution in [2.45, 2.75) is 63.5 Å². The molecule has 1 aliphatic carbocycles. The van der Waals surface area contributed by atoms with Crippen molar-refractivity contribution < 1.29 is 9.90 Å². The number of benzene rings is 1. The lowest BCUT2D eigenvalue weighted by atomic mass is 9.96. The first-order valence-electron chi connectivity index (χ1n) is 13.2. The maximum atomic E-state index is 13.4. The number of aliphatic hydroxyl groups excluding tert-OH is 1. The molecule has 2 fully saturated rings. The summed E-state index contributed by atoms with van der Waals surface area (Å²) in [6.07, 6.45) is 15.0. The van der Waals surface area contributed by atoms with E-state index in [1.165, 1.54) is 0 Å². The molecule has 1 saturated heterocycles. The van der Waals surface area contributed by atoms with Crippen LogP contribution in [0.4, 0.5) is 10.5 Å². The number of nitrogens with one attached hydrogen (secondary N) is 1. The molecule has 2 N–H and O–H groups in total. The number of likely N-dealkylation sites (tertiary alicyclic amines) is 1. The first kappa shape index (κ1) is 29.3. The third-order valence-corrected chi connectivity index (χ3v) is 7.98. The zero-order valence-electron chi connectivity index (χ0n) is 21.4. The maximum absolute atomic E-state index is 13.4. The molecule has 2 aliphatic rings. The van der Waals surface area contributed by atoms with Gasteiger partial charge in [-0.1, -0.05) is 54.3 Å². The van der Waals surface area contributed by atoms with Crippen molar-refractivity contribution in [3.63, 3.8) is 0 Å². The SMILES string of the molecule is C=CC/C(C#N)=C\C=C/CC1CCCC(N(CCN2CCC(O)C2)C(=O)Nc2ccc(Cl)c(Cl)c2)CC1. The highest BCUT2D eigenvalue weighted by Crippen LogP contribution is 2.30. The largest absolute Gasteiger partial charge is 0.392 e. The zero-order valence-corrected chi connectivity index (χ0v) is 22.9. The molecule has 8 heteroatoms. The smallest absolute Gasteiger partial charge is 0.322 e. The van der Waals surface area contributed by atoms with Crippen LogP contribution in [0.3, 0.4) is 0 Å². The number of hydrogen-bond donors (Lipinski definition) is 2. The number of aliphatic hydroxyl groups is 1. The van der Waals surface area contributed by atoms with Crippen molar-refractivity contribution in [2.24, 2.45) is 5.92 Å². The number of urea groups is 1. The van der Waals surface area contributed by atoms with E-state index in [4.69, 9.17) is 28.5 Å². The normalized spacial score (nSPS) is 23.0. The van der Waals surface area contributed by atoms with Gasteiger partial charge in [0, 0.05) is 49.9 Å². The predicted octanol–water partition coefficient (Wildman–Crippen LogP) is 6.82. The fraction of sp³-hybridized carbons (Fsp3) is 0.517. The Kier molecular flexibility index (Phi) is 12.0. The molecule has 2 amide bonds. The Hall–Kier alpha value is -2.30. The summed E-state index contributed by atoms with van der Waals surface area (Å²) in [5.41, 5.74) is 1.33. The average Bonchev–Trinajstić information content (AvgIpc) is 3.16. The number of halogens is 2. The van der Waals surface area contributed by atoms with Crippen molar-refractivity contribution in [1.82, 2.24) is 9.80 Å². The third kappa shape index (κ3) is 9.50. The monoisotopic (exact) mass is 544 g/mol. The molecule has 1 aromatic rings. The number of hydrogen-bond acceptors (Lipinski definition) is 4. The average molecular weight is 546 g/mol. The van der Waals surface area contributed by atoms with E-state index >= 15 is 0 Å². The number of β-amino-alcohol motifs (C(OH)–C–C–N with tert-alkyl or cyclic N) is 1. The van der Waals surface area contributed by atoms with Gasteiger partial charge >= 0.3 is 6.03 Å². The first-order chi connectivity index (χ1) is 17.9. The minimum absolute atomic E-state index is 0.127. The van der Waals surface area contributed by atoms with Gasteiger partial charge in [0.2, 0.25) is 0 Å².